The first kappa shape index (κ1) is 19.5. The van der Waals surface area contributed by atoms with Crippen LogP contribution < -0.4 is 0 Å². The summed E-state index contributed by atoms with van der Waals surface area (Å²) in [6.07, 6.45) is 20.1. The van der Waals surface area contributed by atoms with Crippen LogP contribution in [0.25, 0.3) is 0 Å². The maximum Gasteiger partial charge on any atom is 0.290 e. The van der Waals surface area contributed by atoms with Crippen LogP contribution in [0.2, 0.25) is 0 Å². The van der Waals surface area contributed by atoms with Crippen LogP contribution in [0.5, 0.6) is 0 Å². The summed E-state index contributed by atoms with van der Waals surface area (Å²) >= 11 is 0. The van der Waals surface area contributed by atoms with Gasteiger partial charge in [-0.3, -0.25) is 4.79 Å². The summed E-state index contributed by atoms with van der Waals surface area (Å²) in [5.74, 6) is 4.23. The number of hydrogen-bond acceptors (Lipinski definition) is 5. The van der Waals surface area contributed by atoms with E-state index in [9.17, 15) is 0 Å². The fraction of sp³-hybridized carbons (Fsp3) is 0.682. The van der Waals surface area contributed by atoms with E-state index < -0.39 is 0 Å². The Morgan fingerprint density at radius 3 is 2.53 bits per heavy atom. The Labute approximate surface area is 176 Å². The predicted molar refractivity (Wildman–Crippen MR) is 110 cm³/mol. The highest BCUT2D eigenvalue weighted by Crippen LogP contribution is 2.63. The van der Waals surface area contributed by atoms with E-state index in [1.165, 1.54) is 50.8 Å². The van der Waals surface area contributed by atoms with E-state index in [4.69, 9.17) is 14.9 Å². The van der Waals surface area contributed by atoms with Crippen LogP contribution in [0.15, 0.2) is 24.5 Å². The van der Waals surface area contributed by atoms with E-state index in [2.05, 4.69) is 38.3 Å². The van der Waals surface area contributed by atoms with Gasteiger partial charge >= 0.3 is 0 Å². The van der Waals surface area contributed by atoms with Gasteiger partial charge in [0.2, 0.25) is 0 Å². The smallest absolute Gasteiger partial charge is 0.290 e. The summed E-state index contributed by atoms with van der Waals surface area (Å²) in [6.45, 7) is 1.70. The van der Waals surface area contributed by atoms with Gasteiger partial charge in [0, 0.05) is 23.9 Å². The molecule has 2 aromatic rings. The number of tetrazole rings is 1. The standard InChI is InChI=1S/C21H28N6.CH2O2/c1-15-23-25-27(24-15)21-12-16-9-17(13-21)11-20(10-16,14-21)26-8-7-22-19(26)18-5-3-2-4-6-18;2-1-3/h2-3,7-8,16-18H,4-6,9-14H2,1H3;1H,(H,2,3). The molecule has 2 aromatic heterocycles. The molecule has 0 amide bonds. The minimum atomic E-state index is -0.250. The summed E-state index contributed by atoms with van der Waals surface area (Å²) in [4.78, 5) is 15.2. The minimum Gasteiger partial charge on any atom is -0.483 e. The van der Waals surface area contributed by atoms with Crippen molar-refractivity contribution in [3.8, 4) is 0 Å². The van der Waals surface area contributed by atoms with Gasteiger partial charge in [-0.05, 0) is 81.8 Å². The molecular formula is C22H30N6O2. The predicted octanol–water partition coefficient (Wildman–Crippen LogP) is 3.41. The number of carbonyl (C=O) groups is 1. The van der Waals surface area contributed by atoms with Gasteiger partial charge in [-0.25, -0.2) is 4.98 Å². The lowest BCUT2D eigenvalue weighted by molar-refractivity contribution is -0.122. The lowest BCUT2D eigenvalue weighted by Gasteiger charge is -2.61. The van der Waals surface area contributed by atoms with Gasteiger partial charge in [-0.1, -0.05) is 12.2 Å². The molecule has 8 heteroatoms. The summed E-state index contributed by atoms with van der Waals surface area (Å²) in [5, 5.41) is 20.3. The minimum absolute atomic E-state index is 0.0549. The molecule has 4 saturated carbocycles. The quantitative estimate of drug-likeness (QED) is 0.615. The lowest BCUT2D eigenvalue weighted by Crippen LogP contribution is -2.61. The first-order valence-corrected chi connectivity index (χ1v) is 11.1. The normalized spacial score (nSPS) is 36.4. The summed E-state index contributed by atoms with van der Waals surface area (Å²) in [6, 6.07) is 0. The van der Waals surface area contributed by atoms with Gasteiger partial charge in [0.15, 0.2) is 5.82 Å². The van der Waals surface area contributed by atoms with E-state index >= 15 is 0 Å². The molecule has 0 saturated heterocycles. The molecule has 0 spiro atoms. The van der Waals surface area contributed by atoms with Crippen molar-refractivity contribution >= 4 is 6.47 Å². The van der Waals surface area contributed by atoms with Crippen molar-refractivity contribution in [1.82, 2.24) is 29.8 Å². The first-order valence-electron chi connectivity index (χ1n) is 11.1. The molecule has 3 atom stereocenters. The zero-order valence-electron chi connectivity index (χ0n) is 17.5. The van der Waals surface area contributed by atoms with Crippen LogP contribution in [-0.4, -0.2) is 41.3 Å². The Hall–Kier alpha value is -2.51. The Morgan fingerprint density at radius 1 is 1.17 bits per heavy atom. The van der Waals surface area contributed by atoms with Gasteiger partial charge < -0.3 is 9.67 Å². The highest BCUT2D eigenvalue weighted by atomic mass is 16.3. The molecule has 7 rings (SSSR count). The van der Waals surface area contributed by atoms with E-state index in [1.807, 2.05) is 17.9 Å². The van der Waals surface area contributed by atoms with Gasteiger partial charge in [-0.2, -0.15) is 4.80 Å². The average Bonchev–Trinajstić information content (AvgIpc) is 3.38. The fourth-order valence-electron chi connectivity index (χ4n) is 7.21. The Balaban J connectivity index is 0.000000609. The number of carboxylic acid groups (broad SMARTS) is 1. The molecular weight excluding hydrogens is 380 g/mol. The van der Waals surface area contributed by atoms with E-state index in [1.54, 1.807) is 0 Å². The summed E-state index contributed by atoms with van der Waals surface area (Å²) in [5.41, 5.74) is 0.248. The van der Waals surface area contributed by atoms with Crippen LogP contribution >= 0.6 is 0 Å². The highest BCUT2D eigenvalue weighted by Gasteiger charge is 2.60. The number of aryl methyl sites for hydroxylation is 1. The topological polar surface area (TPSA) is 98.7 Å². The number of nitrogens with zero attached hydrogens (tertiary/aromatic N) is 6. The number of aromatic nitrogens is 6. The fourth-order valence-corrected chi connectivity index (χ4v) is 7.21. The van der Waals surface area contributed by atoms with Crippen molar-refractivity contribution in [2.45, 2.75) is 81.7 Å². The zero-order chi connectivity index (χ0) is 20.8. The molecule has 4 bridgehead atoms. The molecule has 5 aliphatic rings. The largest absolute Gasteiger partial charge is 0.483 e. The summed E-state index contributed by atoms with van der Waals surface area (Å²) < 4.78 is 2.60. The first-order chi connectivity index (χ1) is 14.6. The van der Waals surface area contributed by atoms with Gasteiger partial charge in [-0.15, -0.1) is 10.2 Å². The van der Waals surface area contributed by atoms with Gasteiger partial charge in [0.25, 0.3) is 6.47 Å². The van der Waals surface area contributed by atoms with E-state index in [0.717, 1.165) is 30.5 Å². The highest BCUT2D eigenvalue weighted by molar-refractivity contribution is 5.32. The zero-order valence-corrected chi connectivity index (χ0v) is 17.5. The third-order valence-corrected chi connectivity index (χ3v) is 7.75. The molecule has 5 aliphatic carbocycles. The van der Waals surface area contributed by atoms with Crippen molar-refractivity contribution < 1.29 is 9.90 Å². The van der Waals surface area contributed by atoms with Gasteiger partial charge in [0.05, 0.1) is 5.54 Å². The third kappa shape index (κ3) is 3.08. The Kier molecular flexibility index (Phi) is 4.75. The van der Waals surface area contributed by atoms with Crippen molar-refractivity contribution in [2.24, 2.45) is 11.8 Å². The SMILES string of the molecule is Cc1nnn(C23CC4CC(C2)CC(n2ccnc2C2CC=CCC2)(C4)C3)n1.O=CO. The molecule has 4 fully saturated rings. The second kappa shape index (κ2) is 7.32. The molecule has 8 nitrogen and oxygen atoms in total. The third-order valence-electron chi connectivity index (χ3n) is 7.75. The number of rotatable bonds is 3. The maximum absolute atomic E-state index is 8.36. The molecule has 0 aromatic carbocycles. The van der Waals surface area contributed by atoms with Crippen LogP contribution in [0.3, 0.4) is 0 Å². The maximum atomic E-state index is 8.36. The number of hydrogen-bond donors (Lipinski definition) is 1. The molecule has 160 valence electrons. The van der Waals surface area contributed by atoms with Crippen LogP contribution in [-0.2, 0) is 15.9 Å². The van der Waals surface area contributed by atoms with Gasteiger partial charge in [0.1, 0.15) is 5.82 Å². The van der Waals surface area contributed by atoms with E-state index in [-0.39, 0.29) is 17.6 Å². The molecule has 3 unspecified atom stereocenters. The van der Waals surface area contributed by atoms with E-state index in [0.29, 0.717) is 5.92 Å². The second-order valence-electron chi connectivity index (χ2n) is 9.78. The molecule has 0 aliphatic heterocycles. The Bertz CT molecular complexity index is 933. The number of allylic oxidation sites excluding steroid dienone is 2. The van der Waals surface area contributed by atoms with Crippen LogP contribution in [0.1, 0.15) is 75.4 Å². The van der Waals surface area contributed by atoms with Crippen LogP contribution in [0.4, 0.5) is 0 Å². The molecule has 1 N–H and O–H groups in total. The summed E-state index contributed by atoms with van der Waals surface area (Å²) in [7, 11) is 0. The average molecular weight is 411 g/mol. The second-order valence-corrected chi connectivity index (χ2v) is 9.78. The number of imidazole rings is 1. The Morgan fingerprint density at radius 2 is 1.90 bits per heavy atom. The molecule has 0 radical (unpaired) electrons. The van der Waals surface area contributed by atoms with Crippen molar-refractivity contribution in [2.75, 3.05) is 0 Å². The van der Waals surface area contributed by atoms with Crippen LogP contribution in [0, 0.1) is 18.8 Å². The van der Waals surface area contributed by atoms with Crippen molar-refractivity contribution in [3.05, 3.63) is 36.2 Å². The molecule has 30 heavy (non-hydrogen) atoms. The lowest BCUT2D eigenvalue weighted by atomic mass is 9.50. The van der Waals surface area contributed by atoms with Crippen molar-refractivity contribution in [1.29, 1.82) is 0 Å². The molecule has 2 heterocycles. The van der Waals surface area contributed by atoms with Crippen molar-refractivity contribution in [3.63, 3.8) is 0 Å². The monoisotopic (exact) mass is 410 g/mol.